The fourth-order valence-electron chi connectivity index (χ4n) is 4.71. The Morgan fingerprint density at radius 2 is 2.00 bits per heavy atom. The van der Waals surface area contributed by atoms with Gasteiger partial charge in [0.15, 0.2) is 5.69 Å². The summed E-state index contributed by atoms with van der Waals surface area (Å²) in [7, 11) is 2.09. The van der Waals surface area contributed by atoms with E-state index in [-0.39, 0.29) is 24.9 Å². The molecular weight excluding hydrogens is 426 g/mol. The van der Waals surface area contributed by atoms with Crippen LogP contribution in [0.1, 0.15) is 35.3 Å². The van der Waals surface area contributed by atoms with Gasteiger partial charge in [-0.25, -0.2) is 8.78 Å². The molecule has 2 aromatic heterocycles. The number of likely N-dealkylation sites (tertiary alicyclic amines) is 2. The highest BCUT2D eigenvalue weighted by atomic mass is 19.3. The number of piperidine rings is 1. The molecule has 1 aromatic carbocycles. The lowest BCUT2D eigenvalue weighted by molar-refractivity contribution is 0.0115. The fourth-order valence-corrected chi connectivity index (χ4v) is 4.71. The van der Waals surface area contributed by atoms with Crippen molar-refractivity contribution in [1.82, 2.24) is 30.3 Å². The maximum absolute atomic E-state index is 13.5. The van der Waals surface area contributed by atoms with Crippen molar-refractivity contribution in [3.05, 3.63) is 47.9 Å². The minimum atomic E-state index is -2.61. The van der Waals surface area contributed by atoms with Crippen LogP contribution in [0, 0.1) is 0 Å². The Kier molecular flexibility index (Phi) is 5.84. The van der Waals surface area contributed by atoms with Crippen molar-refractivity contribution in [2.24, 2.45) is 0 Å². The Bertz CT molecular complexity index is 1150. The summed E-state index contributed by atoms with van der Waals surface area (Å²) < 4.78 is 27.1. The number of hydrogen-bond acceptors (Lipinski definition) is 5. The summed E-state index contributed by atoms with van der Waals surface area (Å²) in [5.41, 5.74) is 3.84. The molecule has 0 spiro atoms. The average molecular weight is 455 g/mol. The van der Waals surface area contributed by atoms with E-state index in [4.69, 9.17) is 0 Å². The second-order valence-corrected chi connectivity index (χ2v) is 9.28. The predicted octanol–water partition coefficient (Wildman–Crippen LogP) is 3.29. The van der Waals surface area contributed by atoms with Crippen LogP contribution in [0.25, 0.3) is 22.0 Å². The number of aromatic amines is 1. The second-order valence-electron chi connectivity index (χ2n) is 9.28. The number of hydrogen-bond donors (Lipinski definition) is 2. The maximum Gasteiger partial charge on any atom is 0.272 e. The zero-order valence-electron chi connectivity index (χ0n) is 18.7. The summed E-state index contributed by atoms with van der Waals surface area (Å²) in [5.74, 6) is -2.78. The molecule has 174 valence electrons. The Morgan fingerprint density at radius 1 is 1.18 bits per heavy atom. The molecule has 0 unspecified atom stereocenters. The molecule has 0 bridgehead atoms. The van der Waals surface area contributed by atoms with Crippen molar-refractivity contribution < 1.29 is 13.6 Å². The lowest BCUT2D eigenvalue weighted by atomic mass is 10.0. The van der Waals surface area contributed by atoms with Crippen LogP contribution in [0.5, 0.6) is 0 Å². The molecule has 2 N–H and O–H groups in total. The van der Waals surface area contributed by atoms with Gasteiger partial charge in [-0.05, 0) is 62.3 Å². The van der Waals surface area contributed by atoms with Gasteiger partial charge in [0.2, 0.25) is 0 Å². The molecule has 0 radical (unpaired) electrons. The minimum Gasteiger partial charge on any atom is -0.348 e. The molecule has 2 aliphatic rings. The number of fused-ring (bicyclic) bond motifs is 1. The van der Waals surface area contributed by atoms with Gasteiger partial charge in [-0.2, -0.15) is 5.10 Å². The van der Waals surface area contributed by atoms with Gasteiger partial charge in [0.05, 0.1) is 12.1 Å². The van der Waals surface area contributed by atoms with Crippen LogP contribution >= 0.6 is 0 Å². The third kappa shape index (κ3) is 4.89. The van der Waals surface area contributed by atoms with Crippen LogP contribution < -0.4 is 5.32 Å². The smallest absolute Gasteiger partial charge is 0.272 e. The van der Waals surface area contributed by atoms with Crippen LogP contribution in [0.15, 0.2) is 36.7 Å². The Hall–Kier alpha value is -2.91. The number of carbonyl (C=O) groups is 1. The van der Waals surface area contributed by atoms with E-state index in [1.165, 1.54) is 0 Å². The molecule has 0 saturated carbocycles. The normalized spacial score (nSPS) is 19.8. The highest BCUT2D eigenvalue weighted by Crippen LogP contribution is 2.29. The lowest BCUT2D eigenvalue weighted by Crippen LogP contribution is -2.43. The fraction of sp³-hybridized carbons (Fsp3) is 0.458. The molecule has 33 heavy (non-hydrogen) atoms. The zero-order chi connectivity index (χ0) is 23.0. The number of aromatic nitrogens is 3. The highest BCUT2D eigenvalue weighted by molar-refractivity contribution is 6.05. The van der Waals surface area contributed by atoms with Crippen LogP contribution in [0.2, 0.25) is 0 Å². The highest BCUT2D eigenvalue weighted by Gasteiger charge is 2.37. The number of halogens is 2. The number of H-pyrrole nitrogens is 1. The first-order valence-electron chi connectivity index (χ1n) is 11.4. The average Bonchev–Trinajstić information content (AvgIpc) is 3.37. The number of benzene rings is 1. The number of nitrogens with one attached hydrogen (secondary N) is 2. The van der Waals surface area contributed by atoms with Gasteiger partial charge in [0, 0.05) is 48.9 Å². The maximum atomic E-state index is 13.5. The van der Waals surface area contributed by atoms with Gasteiger partial charge in [0.25, 0.3) is 11.8 Å². The van der Waals surface area contributed by atoms with Crippen LogP contribution in [-0.4, -0.2) is 76.1 Å². The Balaban J connectivity index is 1.35. The predicted molar refractivity (Wildman–Crippen MR) is 122 cm³/mol. The lowest BCUT2D eigenvalue weighted by Gasteiger charge is -2.29. The molecule has 5 rings (SSSR count). The van der Waals surface area contributed by atoms with Crippen molar-refractivity contribution in [3.63, 3.8) is 0 Å². The van der Waals surface area contributed by atoms with E-state index in [0.717, 1.165) is 53.5 Å². The molecule has 9 heteroatoms. The first-order valence-corrected chi connectivity index (χ1v) is 11.4. The van der Waals surface area contributed by atoms with E-state index in [0.29, 0.717) is 18.8 Å². The first kappa shape index (κ1) is 21.9. The molecule has 7 nitrogen and oxygen atoms in total. The number of rotatable bonds is 5. The van der Waals surface area contributed by atoms with E-state index in [2.05, 4.69) is 32.4 Å². The molecule has 1 amide bonds. The van der Waals surface area contributed by atoms with E-state index in [1.54, 1.807) is 17.3 Å². The zero-order valence-corrected chi connectivity index (χ0v) is 18.7. The summed E-state index contributed by atoms with van der Waals surface area (Å²) in [6, 6.07) is 7.92. The van der Waals surface area contributed by atoms with Gasteiger partial charge < -0.3 is 10.2 Å². The molecule has 4 heterocycles. The topological polar surface area (TPSA) is 77.1 Å². The standard InChI is InChI=1S/C24H28F2N6O/c1-31-7-4-19(5-8-31)28-23(33)22-20-11-17(2-3-21(20)29-30-22)18-10-16(12-27-13-18)14-32-9-6-24(25,26)15-32/h2-3,10-13,19H,4-9,14-15H2,1H3,(H,28,33)(H,29,30). The van der Waals surface area contributed by atoms with E-state index in [1.807, 2.05) is 24.3 Å². The first-order chi connectivity index (χ1) is 15.9. The van der Waals surface area contributed by atoms with Gasteiger partial charge in [-0.15, -0.1) is 0 Å². The second kappa shape index (κ2) is 8.79. The molecule has 2 aliphatic heterocycles. The molecule has 2 saturated heterocycles. The summed E-state index contributed by atoms with van der Waals surface area (Å²) in [6.45, 7) is 2.54. The van der Waals surface area contributed by atoms with Crippen LogP contribution in [0.3, 0.4) is 0 Å². The van der Waals surface area contributed by atoms with Crippen molar-refractivity contribution >= 4 is 16.8 Å². The van der Waals surface area contributed by atoms with E-state index in [9.17, 15) is 13.6 Å². The summed E-state index contributed by atoms with van der Waals surface area (Å²) >= 11 is 0. The summed E-state index contributed by atoms with van der Waals surface area (Å²) in [4.78, 5) is 21.3. The van der Waals surface area contributed by atoms with Crippen molar-refractivity contribution in [3.8, 4) is 11.1 Å². The monoisotopic (exact) mass is 454 g/mol. The molecular formula is C24H28F2N6O. The van der Waals surface area contributed by atoms with Crippen molar-refractivity contribution in [2.45, 2.75) is 37.8 Å². The number of carbonyl (C=O) groups excluding carboxylic acids is 1. The van der Waals surface area contributed by atoms with Crippen LogP contribution in [0.4, 0.5) is 8.78 Å². The molecule has 0 aliphatic carbocycles. The SMILES string of the molecule is CN1CCC(NC(=O)c2n[nH]c3ccc(-c4cncc(CN5CCC(F)(F)C5)c4)cc23)CC1. The number of nitrogens with zero attached hydrogens (tertiary/aromatic N) is 4. The van der Waals surface area contributed by atoms with Gasteiger partial charge in [0.1, 0.15) is 0 Å². The minimum absolute atomic E-state index is 0.0975. The largest absolute Gasteiger partial charge is 0.348 e. The summed E-state index contributed by atoms with van der Waals surface area (Å²) in [6.07, 6.45) is 5.23. The van der Waals surface area contributed by atoms with Crippen LogP contribution in [-0.2, 0) is 6.54 Å². The van der Waals surface area contributed by atoms with Gasteiger partial charge >= 0.3 is 0 Å². The number of alkyl halides is 2. The van der Waals surface area contributed by atoms with Gasteiger partial charge in [-0.3, -0.25) is 19.8 Å². The Morgan fingerprint density at radius 3 is 2.76 bits per heavy atom. The van der Waals surface area contributed by atoms with Crippen molar-refractivity contribution in [1.29, 1.82) is 0 Å². The summed E-state index contributed by atoms with van der Waals surface area (Å²) in [5, 5.41) is 11.1. The van der Waals surface area contributed by atoms with E-state index < -0.39 is 5.92 Å². The van der Waals surface area contributed by atoms with Crippen molar-refractivity contribution in [2.75, 3.05) is 33.2 Å². The van der Waals surface area contributed by atoms with Gasteiger partial charge in [-0.1, -0.05) is 6.07 Å². The quantitative estimate of drug-likeness (QED) is 0.619. The number of amides is 1. The third-order valence-corrected chi connectivity index (χ3v) is 6.61. The molecule has 2 fully saturated rings. The van der Waals surface area contributed by atoms with E-state index >= 15 is 0 Å². The Labute approximate surface area is 191 Å². The number of pyridine rings is 1. The molecule has 3 aromatic rings. The third-order valence-electron chi connectivity index (χ3n) is 6.61. The molecule has 0 atom stereocenters.